The van der Waals surface area contributed by atoms with Crippen molar-refractivity contribution in [3.8, 4) is 11.5 Å². The monoisotopic (exact) mass is 513 g/mol. The van der Waals surface area contributed by atoms with E-state index in [1.807, 2.05) is 35.2 Å². The second-order valence-electron chi connectivity index (χ2n) is 9.23. The lowest BCUT2D eigenvalue weighted by molar-refractivity contribution is -0.129. The Labute approximate surface area is 217 Å². The highest BCUT2D eigenvalue weighted by atomic mass is 35.5. The Morgan fingerprint density at radius 3 is 2.57 bits per heavy atom. The molecule has 0 atom stereocenters. The number of ether oxygens (including phenoxy) is 1. The predicted molar refractivity (Wildman–Crippen MR) is 141 cm³/mol. The van der Waals surface area contributed by atoms with Crippen LogP contribution in [0.25, 0.3) is 22.1 Å². The first kappa shape index (κ1) is 23.2. The summed E-state index contributed by atoms with van der Waals surface area (Å²) in [5, 5.41) is 0.958. The van der Waals surface area contributed by atoms with Crippen molar-refractivity contribution < 1.29 is 14.3 Å². The molecule has 0 radical (unpaired) electrons. The Kier molecular flexibility index (Phi) is 5.88. The van der Waals surface area contributed by atoms with Crippen molar-refractivity contribution >= 4 is 45.4 Å². The van der Waals surface area contributed by atoms with Crippen molar-refractivity contribution in [3.05, 3.63) is 82.9 Å². The molecule has 2 aromatic carbocycles. The van der Waals surface area contributed by atoms with E-state index in [2.05, 4.69) is 15.0 Å². The van der Waals surface area contributed by atoms with Gasteiger partial charge in [0.25, 0.3) is 0 Å². The van der Waals surface area contributed by atoms with Gasteiger partial charge in [-0.1, -0.05) is 29.8 Å². The molecule has 0 spiro atoms. The number of halogens is 1. The molecule has 0 aliphatic carbocycles. The quantitative estimate of drug-likeness (QED) is 0.287. The molecule has 37 heavy (non-hydrogen) atoms. The van der Waals surface area contributed by atoms with Crippen LogP contribution in [0.2, 0.25) is 5.02 Å². The van der Waals surface area contributed by atoms with Crippen LogP contribution in [0.5, 0.6) is 11.5 Å². The molecule has 0 unspecified atom stereocenters. The Hall–Kier alpha value is -4.17. The van der Waals surface area contributed by atoms with Crippen molar-refractivity contribution in [1.82, 2.24) is 24.8 Å². The molecule has 1 aliphatic rings. The fourth-order valence-electron chi connectivity index (χ4n) is 4.93. The average Bonchev–Trinajstić information content (AvgIpc) is 3.53. The first-order valence-corrected chi connectivity index (χ1v) is 12.5. The molecule has 2 N–H and O–H groups in total. The van der Waals surface area contributed by atoms with Crippen molar-refractivity contribution in [2.24, 2.45) is 0 Å². The van der Waals surface area contributed by atoms with Crippen molar-refractivity contribution in [1.29, 1.82) is 0 Å². The lowest BCUT2D eigenvalue weighted by Gasteiger charge is -2.30. The average molecular weight is 514 g/mol. The summed E-state index contributed by atoms with van der Waals surface area (Å²) in [6, 6.07) is 14.4. The second-order valence-corrected chi connectivity index (χ2v) is 9.64. The zero-order valence-corrected chi connectivity index (χ0v) is 20.9. The van der Waals surface area contributed by atoms with E-state index < -0.39 is 0 Å². The number of carbonyl (C=O) groups excluding carboxylic acids is 2. The molecular weight excluding hydrogens is 490 g/mol. The summed E-state index contributed by atoms with van der Waals surface area (Å²) in [7, 11) is 0. The van der Waals surface area contributed by atoms with Crippen LogP contribution < -0.4 is 4.74 Å². The van der Waals surface area contributed by atoms with Gasteiger partial charge in [-0.25, -0.2) is 9.97 Å². The molecule has 1 aliphatic heterocycles. The zero-order valence-electron chi connectivity index (χ0n) is 20.1. The Morgan fingerprint density at radius 1 is 1.05 bits per heavy atom. The number of aromatic nitrogens is 4. The van der Waals surface area contributed by atoms with Crippen LogP contribution in [-0.4, -0.2) is 49.6 Å². The number of hydrogen-bond donors (Lipinski definition) is 2. The zero-order chi connectivity index (χ0) is 25.5. The number of amides is 1. The predicted octanol–water partition coefficient (Wildman–Crippen LogP) is 5.84. The first-order chi connectivity index (χ1) is 18.0. The number of pyridine rings is 1. The first-order valence-electron chi connectivity index (χ1n) is 12.2. The number of H-pyrrole nitrogens is 2. The number of carbonyl (C=O) groups is 2. The van der Waals surface area contributed by atoms with Gasteiger partial charge in [-0.2, -0.15) is 0 Å². The molecule has 6 rings (SSSR count). The van der Waals surface area contributed by atoms with Gasteiger partial charge in [0.15, 0.2) is 5.78 Å². The van der Waals surface area contributed by atoms with Gasteiger partial charge in [-0.3, -0.25) is 9.59 Å². The van der Waals surface area contributed by atoms with Gasteiger partial charge < -0.3 is 19.6 Å². The molecule has 0 saturated carbocycles. The molecule has 5 aromatic rings. The summed E-state index contributed by atoms with van der Waals surface area (Å²) in [4.78, 5) is 43.1. The van der Waals surface area contributed by atoms with Crippen LogP contribution in [0.4, 0.5) is 0 Å². The number of fused-ring (bicyclic) bond motifs is 3. The van der Waals surface area contributed by atoms with Crippen LogP contribution in [0.15, 0.2) is 60.9 Å². The van der Waals surface area contributed by atoms with Crippen LogP contribution in [0.1, 0.15) is 47.4 Å². The Balaban J connectivity index is 1.32. The number of rotatable bonds is 5. The number of nitrogens with zero attached hydrogens (tertiary/aromatic N) is 3. The van der Waals surface area contributed by atoms with Gasteiger partial charge in [0.1, 0.15) is 28.5 Å². The molecule has 0 bridgehead atoms. The van der Waals surface area contributed by atoms with Gasteiger partial charge in [0.2, 0.25) is 5.91 Å². The lowest BCUT2D eigenvalue weighted by Crippen LogP contribution is -2.36. The van der Waals surface area contributed by atoms with E-state index in [0.29, 0.717) is 57.3 Å². The van der Waals surface area contributed by atoms with E-state index in [1.54, 1.807) is 37.5 Å². The third-order valence-corrected chi connectivity index (χ3v) is 7.22. The van der Waals surface area contributed by atoms with Crippen molar-refractivity contribution in [2.75, 3.05) is 13.1 Å². The minimum Gasteiger partial charge on any atom is -0.457 e. The second kappa shape index (κ2) is 9.37. The molecule has 186 valence electrons. The summed E-state index contributed by atoms with van der Waals surface area (Å²) in [6.07, 6.45) is 5.06. The van der Waals surface area contributed by atoms with Crippen molar-refractivity contribution in [3.63, 3.8) is 0 Å². The number of hydrogen-bond acceptors (Lipinski definition) is 5. The third-order valence-electron chi connectivity index (χ3n) is 6.90. The normalized spacial score (nSPS) is 14.4. The number of aromatic amines is 2. The summed E-state index contributed by atoms with van der Waals surface area (Å²) >= 11 is 6.54. The smallest absolute Gasteiger partial charge is 0.219 e. The Morgan fingerprint density at radius 2 is 1.84 bits per heavy atom. The molecular formula is C28H24ClN5O3. The minimum atomic E-state index is -0.226. The van der Waals surface area contributed by atoms with E-state index in [-0.39, 0.29) is 17.6 Å². The summed E-state index contributed by atoms with van der Waals surface area (Å²) in [5.41, 5.74) is 2.87. The van der Waals surface area contributed by atoms with Crippen LogP contribution in [0, 0.1) is 0 Å². The number of piperidine rings is 1. The fourth-order valence-corrected chi connectivity index (χ4v) is 5.18. The molecule has 3 aromatic heterocycles. The van der Waals surface area contributed by atoms with Gasteiger partial charge >= 0.3 is 0 Å². The number of imidazole rings is 1. The van der Waals surface area contributed by atoms with Crippen LogP contribution >= 0.6 is 11.6 Å². The van der Waals surface area contributed by atoms with E-state index >= 15 is 0 Å². The highest BCUT2D eigenvalue weighted by Gasteiger charge is 2.26. The standard InChI is InChI=1S/C28H24ClN5O3/c1-16(35)34-11-9-17(10-12-34)27-32-23-15-31-28-24(25(23)33-27)21(14-30-28)26(36)20-8-7-19(13-22(20)29)37-18-5-3-2-4-6-18/h2-8,13-15,17H,9-12H2,1H3,(H,30,31)(H,32,33). The van der Waals surface area contributed by atoms with E-state index in [1.165, 1.54) is 0 Å². The largest absolute Gasteiger partial charge is 0.457 e. The number of benzene rings is 2. The maximum atomic E-state index is 13.6. The maximum Gasteiger partial charge on any atom is 0.219 e. The number of para-hydroxylation sites is 1. The van der Waals surface area contributed by atoms with E-state index in [9.17, 15) is 9.59 Å². The number of nitrogens with one attached hydrogen (secondary N) is 2. The number of ketones is 1. The minimum absolute atomic E-state index is 0.0998. The SMILES string of the molecule is CC(=O)N1CCC(c2nc3c(cnc4[nH]cc(C(=O)c5ccc(Oc6ccccc6)cc5Cl)c43)[nH]2)CC1. The maximum absolute atomic E-state index is 13.6. The lowest BCUT2D eigenvalue weighted by atomic mass is 9.96. The van der Waals surface area contributed by atoms with Gasteiger partial charge in [-0.15, -0.1) is 0 Å². The Bertz CT molecular complexity index is 1630. The summed E-state index contributed by atoms with van der Waals surface area (Å²) in [6.45, 7) is 3.02. The molecule has 9 heteroatoms. The summed E-state index contributed by atoms with van der Waals surface area (Å²) in [5.74, 6) is 2.17. The van der Waals surface area contributed by atoms with Crippen LogP contribution in [0.3, 0.4) is 0 Å². The molecule has 1 saturated heterocycles. The van der Waals surface area contributed by atoms with Gasteiger partial charge in [0, 0.05) is 43.8 Å². The van der Waals surface area contributed by atoms with Gasteiger partial charge in [0.05, 0.1) is 27.7 Å². The van der Waals surface area contributed by atoms with Gasteiger partial charge in [-0.05, 0) is 37.1 Å². The van der Waals surface area contributed by atoms with E-state index in [4.69, 9.17) is 21.3 Å². The number of likely N-dealkylation sites (tertiary alicyclic amines) is 1. The summed E-state index contributed by atoms with van der Waals surface area (Å²) < 4.78 is 5.84. The molecule has 1 fully saturated rings. The highest BCUT2D eigenvalue weighted by Crippen LogP contribution is 2.33. The third kappa shape index (κ3) is 4.34. The molecule has 1 amide bonds. The fraction of sp³-hybridized carbons (Fsp3) is 0.214. The van der Waals surface area contributed by atoms with Crippen LogP contribution in [-0.2, 0) is 4.79 Å². The topological polar surface area (TPSA) is 104 Å². The molecule has 4 heterocycles. The van der Waals surface area contributed by atoms with E-state index in [0.717, 1.165) is 24.2 Å². The van der Waals surface area contributed by atoms with Crippen molar-refractivity contribution in [2.45, 2.75) is 25.7 Å². The molecule has 8 nitrogen and oxygen atoms in total. The highest BCUT2D eigenvalue weighted by molar-refractivity contribution is 6.36.